The maximum atomic E-state index is 12.7. The van der Waals surface area contributed by atoms with Crippen molar-refractivity contribution in [3.8, 4) is 0 Å². The van der Waals surface area contributed by atoms with Crippen molar-refractivity contribution < 1.29 is 8.42 Å². The molecule has 5 heteroatoms. The smallest absolute Gasteiger partial charge is 0.241 e. The van der Waals surface area contributed by atoms with E-state index in [-0.39, 0.29) is 0 Å². The van der Waals surface area contributed by atoms with Gasteiger partial charge >= 0.3 is 0 Å². The summed E-state index contributed by atoms with van der Waals surface area (Å²) < 4.78 is 28.2. The Morgan fingerprint density at radius 3 is 2.48 bits per heavy atom. The zero-order valence-electron chi connectivity index (χ0n) is 16.7. The molecule has 0 spiro atoms. The maximum Gasteiger partial charge on any atom is 0.241 e. The molecular formula is C24H28N2O2S. The molecule has 1 heterocycles. The van der Waals surface area contributed by atoms with Crippen LogP contribution >= 0.6 is 0 Å². The predicted octanol–water partition coefficient (Wildman–Crippen LogP) is 4.35. The first-order valence-corrected chi connectivity index (χ1v) is 11.9. The molecular weight excluding hydrogens is 380 g/mol. The lowest BCUT2D eigenvalue weighted by atomic mass is 10.00. The van der Waals surface area contributed by atoms with Gasteiger partial charge in [-0.15, -0.1) is 0 Å². The zero-order chi connectivity index (χ0) is 20.1. The maximum absolute atomic E-state index is 12.7. The van der Waals surface area contributed by atoms with E-state index in [0.29, 0.717) is 11.4 Å². The first-order chi connectivity index (χ1) is 14.1. The minimum atomic E-state index is -3.49. The Bertz CT molecular complexity index is 1070. The Hall–Kier alpha value is -2.21. The van der Waals surface area contributed by atoms with Crippen LogP contribution in [0.15, 0.2) is 71.6 Å². The summed E-state index contributed by atoms with van der Waals surface area (Å²) in [4.78, 5) is 2.87. The fourth-order valence-corrected chi connectivity index (χ4v) is 5.40. The molecule has 1 aliphatic heterocycles. The molecule has 0 aromatic heterocycles. The number of hydrogen-bond donors (Lipinski definition) is 1. The highest BCUT2D eigenvalue weighted by atomic mass is 32.2. The number of benzene rings is 3. The van der Waals surface area contributed by atoms with Crippen LogP contribution in [-0.4, -0.2) is 33.0 Å². The van der Waals surface area contributed by atoms with Crippen LogP contribution in [-0.2, 0) is 23.0 Å². The van der Waals surface area contributed by atoms with E-state index in [2.05, 4.69) is 33.9 Å². The normalized spacial score (nSPS) is 14.8. The number of nitrogens with one attached hydrogen (secondary N) is 1. The zero-order valence-corrected chi connectivity index (χ0v) is 17.5. The van der Waals surface area contributed by atoms with Gasteiger partial charge in [-0.1, -0.05) is 67.1 Å². The minimum Gasteiger partial charge on any atom is -0.299 e. The molecule has 3 aromatic rings. The lowest BCUT2D eigenvalue weighted by molar-refractivity contribution is 0.248. The molecule has 0 bridgehead atoms. The summed E-state index contributed by atoms with van der Waals surface area (Å²) in [6.45, 7) is 3.70. The van der Waals surface area contributed by atoms with Crippen LogP contribution in [0.25, 0.3) is 10.8 Å². The van der Waals surface area contributed by atoms with Crippen molar-refractivity contribution in [2.75, 3.05) is 19.6 Å². The average Bonchev–Trinajstić information content (AvgIpc) is 2.75. The van der Waals surface area contributed by atoms with Crippen molar-refractivity contribution in [1.29, 1.82) is 0 Å². The Labute approximate surface area is 173 Å². The van der Waals surface area contributed by atoms with Gasteiger partial charge in [-0.25, -0.2) is 13.1 Å². The highest BCUT2D eigenvalue weighted by Crippen LogP contribution is 2.22. The lowest BCUT2D eigenvalue weighted by Gasteiger charge is -2.28. The summed E-state index contributed by atoms with van der Waals surface area (Å²) in [5.41, 5.74) is 2.92. The van der Waals surface area contributed by atoms with Crippen LogP contribution in [0.2, 0.25) is 0 Å². The molecule has 1 N–H and O–H groups in total. The van der Waals surface area contributed by atoms with Gasteiger partial charge in [0, 0.05) is 25.0 Å². The molecule has 0 saturated carbocycles. The third-order valence-corrected chi connectivity index (χ3v) is 7.21. The van der Waals surface area contributed by atoms with Crippen LogP contribution in [0.5, 0.6) is 0 Å². The number of nitrogens with zero attached hydrogens (tertiary/aromatic N) is 1. The number of sulfonamides is 1. The molecule has 0 saturated heterocycles. The van der Waals surface area contributed by atoms with Crippen molar-refractivity contribution in [2.24, 2.45) is 0 Å². The molecule has 3 aromatic carbocycles. The van der Waals surface area contributed by atoms with E-state index in [1.807, 2.05) is 30.3 Å². The van der Waals surface area contributed by atoms with Gasteiger partial charge < -0.3 is 0 Å². The molecule has 0 unspecified atom stereocenters. The van der Waals surface area contributed by atoms with Gasteiger partial charge in [0.1, 0.15) is 0 Å². The molecule has 4 rings (SSSR count). The molecule has 0 fully saturated rings. The van der Waals surface area contributed by atoms with Crippen LogP contribution < -0.4 is 4.72 Å². The second kappa shape index (κ2) is 9.08. The van der Waals surface area contributed by atoms with E-state index >= 15 is 0 Å². The van der Waals surface area contributed by atoms with E-state index in [4.69, 9.17) is 0 Å². The topological polar surface area (TPSA) is 49.4 Å². The highest BCUT2D eigenvalue weighted by Gasteiger charge is 2.17. The number of hydrogen-bond acceptors (Lipinski definition) is 3. The third kappa shape index (κ3) is 4.86. The van der Waals surface area contributed by atoms with Crippen molar-refractivity contribution in [2.45, 2.75) is 37.1 Å². The van der Waals surface area contributed by atoms with Gasteiger partial charge in [0.05, 0.1) is 4.90 Å². The SMILES string of the molecule is O=S(=O)(NCCCCCN1CCc2ccccc2C1)c1cccc2ccccc12. The molecule has 0 amide bonds. The monoisotopic (exact) mass is 408 g/mol. The summed E-state index contributed by atoms with van der Waals surface area (Å²) in [5, 5.41) is 1.71. The van der Waals surface area contributed by atoms with Crippen molar-refractivity contribution in [3.63, 3.8) is 0 Å². The van der Waals surface area contributed by atoms with Gasteiger partial charge in [-0.05, 0) is 48.4 Å². The Morgan fingerprint density at radius 2 is 1.59 bits per heavy atom. The molecule has 0 atom stereocenters. The van der Waals surface area contributed by atoms with Crippen molar-refractivity contribution in [1.82, 2.24) is 9.62 Å². The van der Waals surface area contributed by atoms with Crippen LogP contribution in [0.1, 0.15) is 30.4 Å². The van der Waals surface area contributed by atoms with Crippen molar-refractivity contribution in [3.05, 3.63) is 77.9 Å². The summed E-state index contributed by atoms with van der Waals surface area (Å²) >= 11 is 0. The highest BCUT2D eigenvalue weighted by molar-refractivity contribution is 7.89. The number of unbranched alkanes of at least 4 members (excludes halogenated alkanes) is 2. The van der Waals surface area contributed by atoms with E-state index in [0.717, 1.165) is 56.1 Å². The van der Waals surface area contributed by atoms with E-state index in [9.17, 15) is 8.42 Å². The van der Waals surface area contributed by atoms with Gasteiger partial charge in [-0.2, -0.15) is 0 Å². The number of fused-ring (bicyclic) bond motifs is 2. The average molecular weight is 409 g/mol. The molecule has 4 nitrogen and oxygen atoms in total. The second-order valence-corrected chi connectivity index (χ2v) is 9.47. The largest absolute Gasteiger partial charge is 0.299 e. The van der Waals surface area contributed by atoms with Gasteiger partial charge in [0.25, 0.3) is 0 Å². The summed E-state index contributed by atoms with van der Waals surface area (Å²) in [6, 6.07) is 21.7. The van der Waals surface area contributed by atoms with E-state index < -0.39 is 10.0 Å². The minimum absolute atomic E-state index is 0.364. The Balaban J connectivity index is 1.23. The van der Waals surface area contributed by atoms with Gasteiger partial charge in [-0.3, -0.25) is 4.90 Å². The van der Waals surface area contributed by atoms with Crippen LogP contribution in [0, 0.1) is 0 Å². The van der Waals surface area contributed by atoms with Crippen LogP contribution in [0.4, 0.5) is 0 Å². The summed E-state index contributed by atoms with van der Waals surface area (Å²) in [5.74, 6) is 0. The second-order valence-electron chi connectivity index (χ2n) is 7.73. The standard InChI is InChI=1S/C24H28N2O2S/c27-29(28,24-14-8-12-21-10-4-5-13-23(21)24)25-16-6-1-7-17-26-18-15-20-9-2-3-11-22(20)19-26/h2-5,8-14,25H,1,6-7,15-19H2. The van der Waals surface area contributed by atoms with Gasteiger partial charge in [0.15, 0.2) is 0 Å². The molecule has 0 radical (unpaired) electrons. The third-order valence-electron chi connectivity index (χ3n) is 5.69. The van der Waals surface area contributed by atoms with Gasteiger partial charge in [0.2, 0.25) is 10.0 Å². The predicted molar refractivity (Wildman–Crippen MR) is 118 cm³/mol. The quantitative estimate of drug-likeness (QED) is 0.564. The lowest BCUT2D eigenvalue weighted by Crippen LogP contribution is -2.31. The molecule has 1 aliphatic rings. The fraction of sp³-hybridized carbons (Fsp3) is 0.333. The van der Waals surface area contributed by atoms with E-state index in [1.165, 1.54) is 11.1 Å². The molecule has 29 heavy (non-hydrogen) atoms. The summed E-state index contributed by atoms with van der Waals surface area (Å²) in [6.07, 6.45) is 4.10. The first kappa shape index (κ1) is 20.1. The van der Waals surface area contributed by atoms with E-state index in [1.54, 1.807) is 12.1 Å². The number of rotatable bonds is 8. The first-order valence-electron chi connectivity index (χ1n) is 10.4. The van der Waals surface area contributed by atoms with Crippen LogP contribution in [0.3, 0.4) is 0 Å². The molecule has 0 aliphatic carbocycles. The Morgan fingerprint density at radius 1 is 0.828 bits per heavy atom. The molecule has 152 valence electrons. The fourth-order valence-electron chi connectivity index (χ4n) is 4.10. The van der Waals surface area contributed by atoms with Crippen molar-refractivity contribution >= 4 is 20.8 Å². The summed E-state index contributed by atoms with van der Waals surface area (Å²) in [7, 11) is -3.49. The Kier molecular flexibility index (Phi) is 6.28.